The van der Waals surface area contributed by atoms with Gasteiger partial charge in [-0.05, 0) is 43.6 Å². The third kappa shape index (κ3) is 4.08. The van der Waals surface area contributed by atoms with Gasteiger partial charge in [-0.3, -0.25) is 9.59 Å². The zero-order valence-corrected chi connectivity index (χ0v) is 13.0. The molecule has 3 N–H and O–H groups in total. The van der Waals surface area contributed by atoms with Crippen LogP contribution >= 0.6 is 0 Å². The summed E-state index contributed by atoms with van der Waals surface area (Å²) in [6, 6.07) is 7.67. The fourth-order valence-electron chi connectivity index (χ4n) is 2.28. The van der Waals surface area contributed by atoms with Crippen LogP contribution in [0.3, 0.4) is 0 Å². The zero-order valence-electron chi connectivity index (χ0n) is 13.0. The van der Waals surface area contributed by atoms with Crippen LogP contribution in [0.5, 0.6) is 0 Å². The smallest absolute Gasteiger partial charge is 0.239 e. The predicted octanol–water partition coefficient (Wildman–Crippen LogP) is 1.33. The number of hydrogen-bond donors (Lipinski definition) is 3. The second kappa shape index (κ2) is 7.61. The lowest BCUT2D eigenvalue weighted by molar-refractivity contribution is -0.121. The van der Waals surface area contributed by atoms with Crippen molar-refractivity contribution in [2.75, 3.05) is 26.0 Å². The fourth-order valence-corrected chi connectivity index (χ4v) is 2.28. The van der Waals surface area contributed by atoms with Gasteiger partial charge in [0, 0.05) is 25.4 Å². The normalized spacial score (nSPS) is 10.6. The van der Waals surface area contributed by atoms with Crippen molar-refractivity contribution in [2.24, 2.45) is 0 Å². The van der Waals surface area contributed by atoms with Gasteiger partial charge < -0.3 is 20.5 Å². The molecule has 0 saturated carbocycles. The summed E-state index contributed by atoms with van der Waals surface area (Å²) in [5.74, 6) is -0.0574. The van der Waals surface area contributed by atoms with Crippen molar-refractivity contribution in [3.8, 4) is 0 Å². The van der Waals surface area contributed by atoms with Crippen LogP contribution in [0.25, 0.3) is 10.9 Å². The van der Waals surface area contributed by atoms with Crippen LogP contribution in [-0.4, -0.2) is 37.0 Å². The molecule has 2 amide bonds. The average Bonchev–Trinajstić information content (AvgIpc) is 2.90. The minimum atomic E-state index is -0.0565. The number of carbonyl (C=O) groups is 2. The Hall–Kier alpha value is -2.34. The van der Waals surface area contributed by atoms with Gasteiger partial charge in [0.15, 0.2) is 0 Å². The number of likely N-dealkylation sites (N-methyl/N-ethyl adjacent to an activating group) is 1. The van der Waals surface area contributed by atoms with E-state index in [0.29, 0.717) is 6.42 Å². The van der Waals surface area contributed by atoms with E-state index in [1.165, 1.54) is 0 Å². The molecule has 0 saturated heterocycles. The maximum absolute atomic E-state index is 11.9. The largest absolute Gasteiger partial charge is 0.358 e. The van der Waals surface area contributed by atoms with Gasteiger partial charge in [-0.2, -0.15) is 0 Å². The second-order valence-corrected chi connectivity index (χ2v) is 5.15. The molecule has 6 nitrogen and oxygen atoms in total. The number of nitrogens with one attached hydrogen (secondary N) is 3. The third-order valence-electron chi connectivity index (χ3n) is 3.48. The summed E-state index contributed by atoms with van der Waals surface area (Å²) in [7, 11) is 3.48. The zero-order chi connectivity index (χ0) is 15.9. The number of hydrogen-bond acceptors (Lipinski definition) is 3. The summed E-state index contributed by atoms with van der Waals surface area (Å²) in [5.41, 5.74) is 1.68. The molecule has 0 aliphatic heterocycles. The number of anilines is 1. The number of fused-ring (bicyclic) bond motifs is 1. The molecule has 1 aromatic heterocycles. The van der Waals surface area contributed by atoms with Crippen LogP contribution in [0.1, 0.15) is 12.8 Å². The standard InChI is InChI=1S/C16H22N4O2/c1-17-8-3-4-15(21)19-13-6-5-12-7-9-20(14(12)10-13)11-16(22)18-2/h5-7,9-10,17H,3-4,8,11H2,1-2H3,(H,18,22)(H,19,21). The van der Waals surface area contributed by atoms with E-state index >= 15 is 0 Å². The highest BCUT2D eigenvalue weighted by molar-refractivity contribution is 5.94. The molecule has 2 rings (SSSR count). The number of benzene rings is 1. The first-order valence-corrected chi connectivity index (χ1v) is 7.38. The Labute approximate surface area is 129 Å². The van der Waals surface area contributed by atoms with E-state index in [-0.39, 0.29) is 18.4 Å². The summed E-state index contributed by atoms with van der Waals surface area (Å²) >= 11 is 0. The Morgan fingerprint density at radius 2 is 1.95 bits per heavy atom. The highest BCUT2D eigenvalue weighted by Crippen LogP contribution is 2.20. The molecule has 0 aliphatic rings. The van der Waals surface area contributed by atoms with E-state index in [9.17, 15) is 9.59 Å². The van der Waals surface area contributed by atoms with Crippen molar-refractivity contribution in [3.63, 3.8) is 0 Å². The molecule has 0 aliphatic carbocycles. The van der Waals surface area contributed by atoms with E-state index in [1.54, 1.807) is 7.05 Å². The van der Waals surface area contributed by atoms with Crippen molar-refractivity contribution in [1.29, 1.82) is 0 Å². The molecule has 22 heavy (non-hydrogen) atoms. The minimum absolute atomic E-state index is 0.000919. The Morgan fingerprint density at radius 3 is 2.68 bits per heavy atom. The van der Waals surface area contributed by atoms with Crippen LogP contribution in [0, 0.1) is 0 Å². The first-order chi connectivity index (χ1) is 10.6. The molecule has 0 spiro atoms. The van der Waals surface area contributed by atoms with E-state index < -0.39 is 0 Å². The number of aromatic nitrogens is 1. The molecule has 118 valence electrons. The van der Waals surface area contributed by atoms with Crippen molar-refractivity contribution in [2.45, 2.75) is 19.4 Å². The van der Waals surface area contributed by atoms with Crippen molar-refractivity contribution in [3.05, 3.63) is 30.5 Å². The van der Waals surface area contributed by atoms with Gasteiger partial charge in [0.25, 0.3) is 0 Å². The summed E-state index contributed by atoms with van der Waals surface area (Å²) in [4.78, 5) is 23.4. The molecule has 0 radical (unpaired) electrons. The molecule has 0 unspecified atom stereocenters. The molecule has 0 bridgehead atoms. The third-order valence-corrected chi connectivity index (χ3v) is 3.48. The quantitative estimate of drug-likeness (QED) is 0.675. The van der Waals surface area contributed by atoms with Crippen LogP contribution in [0.4, 0.5) is 5.69 Å². The lowest BCUT2D eigenvalue weighted by Crippen LogP contribution is -2.23. The Balaban J connectivity index is 2.10. The van der Waals surface area contributed by atoms with E-state index in [4.69, 9.17) is 0 Å². The van der Waals surface area contributed by atoms with E-state index in [2.05, 4.69) is 16.0 Å². The van der Waals surface area contributed by atoms with E-state index in [1.807, 2.05) is 42.1 Å². The number of nitrogens with zero attached hydrogens (tertiary/aromatic N) is 1. The Bertz CT molecular complexity index is 663. The Kier molecular flexibility index (Phi) is 5.55. The summed E-state index contributed by atoms with van der Waals surface area (Å²) in [5, 5.41) is 9.56. The second-order valence-electron chi connectivity index (χ2n) is 5.15. The maximum Gasteiger partial charge on any atom is 0.239 e. The maximum atomic E-state index is 11.9. The summed E-state index contributed by atoms with van der Waals surface area (Å²) in [6.45, 7) is 1.08. The van der Waals surface area contributed by atoms with Crippen LogP contribution in [0.15, 0.2) is 30.5 Å². The van der Waals surface area contributed by atoms with Crippen LogP contribution in [0.2, 0.25) is 0 Å². The first-order valence-electron chi connectivity index (χ1n) is 7.38. The first kappa shape index (κ1) is 16.0. The van der Waals surface area contributed by atoms with Gasteiger partial charge in [-0.25, -0.2) is 0 Å². The fraction of sp³-hybridized carbons (Fsp3) is 0.375. The van der Waals surface area contributed by atoms with Crippen molar-refractivity contribution in [1.82, 2.24) is 15.2 Å². The molecular formula is C16H22N4O2. The summed E-state index contributed by atoms with van der Waals surface area (Å²) in [6.07, 6.45) is 3.16. The molecular weight excluding hydrogens is 280 g/mol. The van der Waals surface area contributed by atoms with Gasteiger partial charge in [-0.1, -0.05) is 6.07 Å². The van der Waals surface area contributed by atoms with Gasteiger partial charge >= 0.3 is 0 Å². The molecule has 1 heterocycles. The topological polar surface area (TPSA) is 75.2 Å². The van der Waals surface area contributed by atoms with Gasteiger partial charge in [0.2, 0.25) is 11.8 Å². The van der Waals surface area contributed by atoms with Gasteiger partial charge in [0.05, 0.1) is 5.52 Å². The van der Waals surface area contributed by atoms with Crippen LogP contribution < -0.4 is 16.0 Å². The molecule has 0 atom stereocenters. The van der Waals surface area contributed by atoms with Crippen molar-refractivity contribution < 1.29 is 9.59 Å². The molecule has 2 aromatic rings. The highest BCUT2D eigenvalue weighted by atomic mass is 16.2. The lowest BCUT2D eigenvalue weighted by Gasteiger charge is -2.08. The van der Waals surface area contributed by atoms with Gasteiger partial charge in [-0.15, -0.1) is 0 Å². The average molecular weight is 302 g/mol. The number of rotatable bonds is 7. The molecule has 0 fully saturated rings. The lowest BCUT2D eigenvalue weighted by atomic mass is 10.2. The molecule has 1 aromatic carbocycles. The van der Waals surface area contributed by atoms with Gasteiger partial charge in [0.1, 0.15) is 6.54 Å². The minimum Gasteiger partial charge on any atom is -0.358 e. The number of amides is 2. The predicted molar refractivity (Wildman–Crippen MR) is 87.8 cm³/mol. The Morgan fingerprint density at radius 1 is 1.14 bits per heavy atom. The van der Waals surface area contributed by atoms with Crippen LogP contribution in [-0.2, 0) is 16.1 Å². The highest BCUT2D eigenvalue weighted by Gasteiger charge is 2.07. The SMILES string of the molecule is CNCCCC(=O)Nc1ccc2ccn(CC(=O)NC)c2c1. The number of carbonyl (C=O) groups excluding carboxylic acids is 2. The summed E-state index contributed by atoms with van der Waals surface area (Å²) < 4.78 is 1.87. The van der Waals surface area contributed by atoms with Crippen molar-refractivity contribution >= 4 is 28.4 Å². The monoisotopic (exact) mass is 302 g/mol. The van der Waals surface area contributed by atoms with E-state index in [0.717, 1.165) is 29.6 Å². The molecule has 6 heteroatoms.